The molecule has 60 valence electrons. The van der Waals surface area contributed by atoms with Crippen molar-refractivity contribution in [3.8, 4) is 0 Å². The molecule has 0 aromatic rings. The van der Waals surface area contributed by atoms with Crippen molar-refractivity contribution in [1.82, 2.24) is 0 Å². The molecule has 0 nitrogen and oxygen atoms in total. The van der Waals surface area contributed by atoms with Crippen LogP contribution in [0.15, 0.2) is 0 Å². The first-order valence-corrected chi connectivity index (χ1v) is 4.75. The first-order chi connectivity index (χ1) is 4.75. The van der Waals surface area contributed by atoms with Gasteiger partial charge in [-0.2, -0.15) is 0 Å². The summed E-state index contributed by atoms with van der Waals surface area (Å²) in [4.78, 5) is 0. The van der Waals surface area contributed by atoms with Crippen molar-refractivity contribution in [3.63, 3.8) is 0 Å². The third-order valence-corrected chi connectivity index (χ3v) is 3.16. The van der Waals surface area contributed by atoms with Gasteiger partial charge in [-0.25, -0.2) is 0 Å². The van der Waals surface area contributed by atoms with Crippen LogP contribution in [0.3, 0.4) is 0 Å². The largest absolute Gasteiger partial charge is 0.0654 e. The van der Waals surface area contributed by atoms with E-state index in [-0.39, 0.29) is 0 Å². The summed E-state index contributed by atoms with van der Waals surface area (Å²) < 4.78 is 0. The minimum atomic E-state index is 1.01. The van der Waals surface area contributed by atoms with Gasteiger partial charge in [-0.15, -0.1) is 0 Å². The van der Waals surface area contributed by atoms with Crippen LogP contribution in [0.4, 0.5) is 0 Å². The van der Waals surface area contributed by atoms with Gasteiger partial charge in [-0.05, 0) is 17.8 Å². The number of rotatable bonds is 2. The van der Waals surface area contributed by atoms with Crippen molar-refractivity contribution >= 4 is 0 Å². The van der Waals surface area contributed by atoms with E-state index in [1.807, 2.05) is 0 Å². The fourth-order valence-electron chi connectivity index (χ4n) is 2.42. The van der Waals surface area contributed by atoms with E-state index in [0.717, 1.165) is 17.8 Å². The van der Waals surface area contributed by atoms with Crippen LogP contribution in [-0.2, 0) is 0 Å². The predicted octanol–water partition coefficient (Wildman–Crippen LogP) is 3.47. The first kappa shape index (κ1) is 8.10. The second kappa shape index (κ2) is 3.41. The van der Waals surface area contributed by atoms with Crippen LogP contribution in [0.25, 0.3) is 0 Å². The molecule has 1 aliphatic carbocycles. The van der Waals surface area contributed by atoms with Crippen molar-refractivity contribution in [1.29, 1.82) is 0 Å². The molecule has 1 fully saturated rings. The Morgan fingerprint density at radius 3 is 2.00 bits per heavy atom. The van der Waals surface area contributed by atoms with Crippen molar-refractivity contribution < 1.29 is 0 Å². The molecule has 0 heterocycles. The first-order valence-electron chi connectivity index (χ1n) is 4.75. The van der Waals surface area contributed by atoms with E-state index in [0.29, 0.717) is 0 Å². The van der Waals surface area contributed by atoms with Crippen LogP contribution in [0, 0.1) is 17.8 Å². The quantitative estimate of drug-likeness (QED) is 0.551. The van der Waals surface area contributed by atoms with E-state index < -0.39 is 0 Å². The molecule has 0 bridgehead atoms. The van der Waals surface area contributed by atoms with E-state index >= 15 is 0 Å². The average Bonchev–Trinajstić information content (AvgIpc) is 2.20. The highest BCUT2D eigenvalue weighted by molar-refractivity contribution is 4.79. The molecule has 1 saturated carbocycles. The molecule has 0 N–H and O–H groups in total. The SMILES string of the molecule is CCCC1C(C)CC[C@H]1C. The summed E-state index contributed by atoms with van der Waals surface area (Å²) in [6.07, 6.45) is 5.79. The highest BCUT2D eigenvalue weighted by Crippen LogP contribution is 2.38. The molecule has 0 spiro atoms. The van der Waals surface area contributed by atoms with E-state index in [4.69, 9.17) is 0 Å². The number of hydrogen-bond donors (Lipinski definition) is 0. The van der Waals surface area contributed by atoms with Crippen LogP contribution < -0.4 is 0 Å². The summed E-state index contributed by atoms with van der Waals surface area (Å²) in [5, 5.41) is 0. The lowest BCUT2D eigenvalue weighted by Gasteiger charge is -2.18. The zero-order chi connectivity index (χ0) is 7.56. The second-order valence-electron chi connectivity index (χ2n) is 3.98. The van der Waals surface area contributed by atoms with Gasteiger partial charge in [0.2, 0.25) is 0 Å². The number of hydrogen-bond acceptors (Lipinski definition) is 0. The summed E-state index contributed by atoms with van der Waals surface area (Å²) in [5.41, 5.74) is 0. The van der Waals surface area contributed by atoms with Gasteiger partial charge in [0, 0.05) is 0 Å². The summed E-state index contributed by atoms with van der Waals surface area (Å²) in [7, 11) is 0. The Labute approximate surface area is 65.0 Å². The molecule has 0 amide bonds. The van der Waals surface area contributed by atoms with Gasteiger partial charge in [0.25, 0.3) is 0 Å². The van der Waals surface area contributed by atoms with Crippen LogP contribution in [0.5, 0.6) is 0 Å². The Morgan fingerprint density at radius 2 is 1.60 bits per heavy atom. The van der Waals surface area contributed by atoms with Gasteiger partial charge >= 0.3 is 0 Å². The summed E-state index contributed by atoms with van der Waals surface area (Å²) in [5.74, 6) is 3.06. The molecule has 0 aliphatic heterocycles. The highest BCUT2D eigenvalue weighted by Gasteiger charge is 2.28. The lowest BCUT2D eigenvalue weighted by Crippen LogP contribution is -2.09. The minimum absolute atomic E-state index is 1.01. The summed E-state index contributed by atoms with van der Waals surface area (Å²) in [6.45, 7) is 7.14. The fourth-order valence-corrected chi connectivity index (χ4v) is 2.42. The second-order valence-corrected chi connectivity index (χ2v) is 3.98. The van der Waals surface area contributed by atoms with Gasteiger partial charge in [0.05, 0.1) is 0 Å². The zero-order valence-corrected chi connectivity index (χ0v) is 7.56. The van der Waals surface area contributed by atoms with Gasteiger partial charge in [0.1, 0.15) is 0 Å². The summed E-state index contributed by atoms with van der Waals surface area (Å²) in [6, 6.07) is 0. The van der Waals surface area contributed by atoms with Crippen LogP contribution in [0.1, 0.15) is 46.5 Å². The van der Waals surface area contributed by atoms with E-state index in [1.54, 1.807) is 0 Å². The highest BCUT2D eigenvalue weighted by atomic mass is 14.3. The Kier molecular flexibility index (Phi) is 2.76. The van der Waals surface area contributed by atoms with Gasteiger partial charge < -0.3 is 0 Å². The molecule has 10 heavy (non-hydrogen) atoms. The van der Waals surface area contributed by atoms with Crippen molar-refractivity contribution in [2.45, 2.75) is 46.5 Å². The van der Waals surface area contributed by atoms with Crippen LogP contribution >= 0.6 is 0 Å². The Balaban J connectivity index is 2.38. The minimum Gasteiger partial charge on any atom is -0.0654 e. The Hall–Kier alpha value is 0. The summed E-state index contributed by atoms with van der Waals surface area (Å²) >= 11 is 0. The van der Waals surface area contributed by atoms with Crippen molar-refractivity contribution in [2.24, 2.45) is 17.8 Å². The molecule has 0 heteroatoms. The lowest BCUT2D eigenvalue weighted by molar-refractivity contribution is 0.320. The Morgan fingerprint density at radius 1 is 1.10 bits per heavy atom. The lowest BCUT2D eigenvalue weighted by atomic mass is 9.88. The molecule has 1 rings (SSSR count). The molecule has 2 unspecified atom stereocenters. The maximum absolute atomic E-state index is 2.42. The van der Waals surface area contributed by atoms with Gasteiger partial charge in [0.15, 0.2) is 0 Å². The van der Waals surface area contributed by atoms with E-state index in [2.05, 4.69) is 20.8 Å². The normalized spacial score (nSPS) is 40.5. The predicted molar refractivity (Wildman–Crippen MR) is 46.0 cm³/mol. The van der Waals surface area contributed by atoms with Crippen molar-refractivity contribution in [2.75, 3.05) is 0 Å². The zero-order valence-electron chi connectivity index (χ0n) is 7.56. The van der Waals surface area contributed by atoms with E-state index in [1.165, 1.54) is 25.7 Å². The standard InChI is InChI=1S/C10H20/c1-4-5-10-8(2)6-7-9(10)3/h8-10H,4-7H2,1-3H3/t8-,9?,10?/m1/s1. The maximum atomic E-state index is 2.42. The molecule has 0 radical (unpaired) electrons. The molecule has 0 aromatic carbocycles. The van der Waals surface area contributed by atoms with Gasteiger partial charge in [-0.3, -0.25) is 0 Å². The maximum Gasteiger partial charge on any atom is -0.0363 e. The Bertz CT molecular complexity index is 86.2. The molecular formula is C10H20. The molecular weight excluding hydrogens is 120 g/mol. The van der Waals surface area contributed by atoms with Crippen LogP contribution in [0.2, 0.25) is 0 Å². The molecule has 0 saturated heterocycles. The topological polar surface area (TPSA) is 0 Å². The average molecular weight is 140 g/mol. The fraction of sp³-hybridized carbons (Fsp3) is 1.00. The third kappa shape index (κ3) is 1.53. The monoisotopic (exact) mass is 140 g/mol. The van der Waals surface area contributed by atoms with Crippen molar-refractivity contribution in [3.05, 3.63) is 0 Å². The third-order valence-electron chi connectivity index (χ3n) is 3.16. The smallest absolute Gasteiger partial charge is 0.0363 e. The van der Waals surface area contributed by atoms with Crippen LogP contribution in [-0.4, -0.2) is 0 Å². The molecule has 0 aromatic heterocycles. The van der Waals surface area contributed by atoms with Gasteiger partial charge in [-0.1, -0.05) is 46.5 Å². The molecule has 1 aliphatic rings. The van der Waals surface area contributed by atoms with E-state index in [9.17, 15) is 0 Å². The molecule has 3 atom stereocenters.